The smallest absolute Gasteiger partial charge is 0.322 e. The van der Waals surface area contributed by atoms with Crippen LogP contribution < -0.4 is 5.32 Å². The van der Waals surface area contributed by atoms with E-state index < -0.39 is 11.9 Å². The lowest BCUT2D eigenvalue weighted by Gasteiger charge is -2.09. The van der Waals surface area contributed by atoms with E-state index in [1.165, 1.54) is 16.0 Å². The van der Waals surface area contributed by atoms with Crippen LogP contribution in [-0.2, 0) is 6.18 Å². The summed E-state index contributed by atoms with van der Waals surface area (Å²) in [5.41, 5.74) is 1.89. The van der Waals surface area contributed by atoms with Gasteiger partial charge in [0.15, 0.2) is 5.69 Å². The quantitative estimate of drug-likeness (QED) is 0.423. The van der Waals surface area contributed by atoms with Crippen LogP contribution in [0.2, 0.25) is 0 Å². The van der Waals surface area contributed by atoms with Crippen molar-refractivity contribution in [1.82, 2.24) is 9.78 Å². The molecule has 2 heterocycles. The number of nitrogens with zero attached hydrogens (tertiary/aromatic N) is 2. The molecule has 8 heteroatoms. The lowest BCUT2D eigenvalue weighted by molar-refractivity contribution is -0.141. The highest BCUT2D eigenvalue weighted by Crippen LogP contribution is 2.34. The normalized spacial score (nSPS) is 11.5. The zero-order valence-corrected chi connectivity index (χ0v) is 16.6. The lowest BCUT2D eigenvalue weighted by Crippen LogP contribution is -2.12. The van der Waals surface area contributed by atoms with E-state index >= 15 is 0 Å². The molecule has 0 aliphatic heterocycles. The highest BCUT2D eigenvalue weighted by Gasteiger charge is 2.35. The minimum atomic E-state index is -4.55. The molecule has 4 nitrogen and oxygen atoms in total. The fraction of sp³-hybridized carbons (Fsp3) is 0.0909. The Balaban J connectivity index is 1.64. The van der Waals surface area contributed by atoms with Gasteiger partial charge >= 0.3 is 6.18 Å². The summed E-state index contributed by atoms with van der Waals surface area (Å²) in [6, 6.07) is 18.2. The van der Waals surface area contributed by atoms with Gasteiger partial charge in [0.25, 0.3) is 5.91 Å². The summed E-state index contributed by atoms with van der Waals surface area (Å²) in [6.07, 6.45) is -4.55. The Morgan fingerprint density at radius 2 is 1.80 bits per heavy atom. The number of anilines is 1. The van der Waals surface area contributed by atoms with Gasteiger partial charge in [0.1, 0.15) is 0 Å². The van der Waals surface area contributed by atoms with E-state index in [0.29, 0.717) is 27.5 Å². The van der Waals surface area contributed by atoms with Gasteiger partial charge in [-0.05, 0) is 66.4 Å². The molecule has 2 aromatic heterocycles. The molecule has 0 saturated carbocycles. The van der Waals surface area contributed by atoms with Gasteiger partial charge in [0.05, 0.1) is 16.3 Å². The first-order chi connectivity index (χ1) is 14.3. The number of aryl methyl sites for hydroxylation is 1. The second kappa shape index (κ2) is 7.79. The zero-order valence-electron chi connectivity index (χ0n) is 15.8. The van der Waals surface area contributed by atoms with Crippen molar-refractivity contribution in [2.45, 2.75) is 13.1 Å². The Labute approximate surface area is 174 Å². The monoisotopic (exact) mass is 427 g/mol. The van der Waals surface area contributed by atoms with Crippen LogP contribution >= 0.6 is 11.3 Å². The van der Waals surface area contributed by atoms with E-state index in [1.807, 2.05) is 25.1 Å². The van der Waals surface area contributed by atoms with Gasteiger partial charge in [0.2, 0.25) is 0 Å². The van der Waals surface area contributed by atoms with E-state index in [4.69, 9.17) is 0 Å². The summed E-state index contributed by atoms with van der Waals surface area (Å²) in [5.74, 6) is -0.304. The van der Waals surface area contributed by atoms with Gasteiger partial charge in [-0.1, -0.05) is 18.2 Å². The maximum atomic E-state index is 13.2. The van der Waals surface area contributed by atoms with Crippen molar-refractivity contribution in [3.63, 3.8) is 0 Å². The SMILES string of the molecule is Cc1cccc(NC(=O)c2ccc(-n3nc(C(F)(F)F)cc3-c3cccs3)cc2)c1. The summed E-state index contributed by atoms with van der Waals surface area (Å²) in [6.45, 7) is 1.93. The molecule has 4 aromatic rings. The molecule has 152 valence electrons. The fourth-order valence-electron chi connectivity index (χ4n) is 3.00. The second-order valence-electron chi connectivity index (χ2n) is 6.67. The highest BCUT2D eigenvalue weighted by atomic mass is 32.1. The van der Waals surface area contributed by atoms with Crippen LogP contribution in [-0.4, -0.2) is 15.7 Å². The van der Waals surface area contributed by atoms with E-state index in [1.54, 1.807) is 47.8 Å². The van der Waals surface area contributed by atoms with Crippen molar-refractivity contribution in [1.29, 1.82) is 0 Å². The van der Waals surface area contributed by atoms with E-state index in [9.17, 15) is 18.0 Å². The Hall–Kier alpha value is -3.39. The number of benzene rings is 2. The maximum Gasteiger partial charge on any atom is 0.435 e. The number of rotatable bonds is 4. The molecule has 0 bridgehead atoms. The molecule has 0 atom stereocenters. The molecule has 0 spiro atoms. The number of amides is 1. The van der Waals surface area contributed by atoms with Crippen molar-refractivity contribution < 1.29 is 18.0 Å². The van der Waals surface area contributed by atoms with Gasteiger partial charge < -0.3 is 5.32 Å². The number of carbonyl (C=O) groups excluding carboxylic acids is 1. The summed E-state index contributed by atoms with van der Waals surface area (Å²) >= 11 is 1.33. The fourth-order valence-corrected chi connectivity index (χ4v) is 3.72. The van der Waals surface area contributed by atoms with Crippen molar-refractivity contribution >= 4 is 22.9 Å². The van der Waals surface area contributed by atoms with Gasteiger partial charge in [-0.25, -0.2) is 4.68 Å². The van der Waals surface area contributed by atoms with Crippen LogP contribution in [0.4, 0.5) is 18.9 Å². The van der Waals surface area contributed by atoms with Gasteiger partial charge in [-0.2, -0.15) is 18.3 Å². The topological polar surface area (TPSA) is 46.9 Å². The molecule has 30 heavy (non-hydrogen) atoms. The molecule has 0 saturated heterocycles. The number of hydrogen-bond acceptors (Lipinski definition) is 3. The average molecular weight is 427 g/mol. The third-order valence-corrected chi connectivity index (χ3v) is 5.32. The molecule has 0 aliphatic carbocycles. The Bertz CT molecular complexity index is 1180. The third-order valence-electron chi connectivity index (χ3n) is 4.42. The zero-order chi connectivity index (χ0) is 21.3. The standard InChI is InChI=1S/C22H16F3N3OS/c1-14-4-2-5-16(12-14)26-21(29)15-7-9-17(10-8-15)28-18(19-6-3-11-30-19)13-20(27-28)22(23,24)25/h2-13H,1H3,(H,26,29). The van der Waals surface area contributed by atoms with Crippen LogP contribution in [0.1, 0.15) is 21.6 Å². The van der Waals surface area contributed by atoms with Crippen molar-refractivity contribution in [2.24, 2.45) is 0 Å². The predicted octanol–water partition coefficient (Wildman–Crippen LogP) is 6.18. The molecule has 2 aromatic carbocycles. The van der Waals surface area contributed by atoms with Crippen LogP contribution in [0.5, 0.6) is 0 Å². The van der Waals surface area contributed by atoms with Crippen LogP contribution in [0.15, 0.2) is 72.1 Å². The number of hydrogen-bond donors (Lipinski definition) is 1. The maximum absolute atomic E-state index is 13.2. The number of thiophene rings is 1. The molecule has 0 unspecified atom stereocenters. The molecular formula is C22H16F3N3OS. The second-order valence-corrected chi connectivity index (χ2v) is 7.62. The van der Waals surface area contributed by atoms with Crippen LogP contribution in [0, 0.1) is 6.92 Å². The minimum Gasteiger partial charge on any atom is -0.322 e. The summed E-state index contributed by atoms with van der Waals surface area (Å²) in [5, 5.41) is 8.36. The van der Waals surface area contributed by atoms with Crippen molar-refractivity contribution in [3.05, 3.63) is 88.9 Å². The Kier molecular flexibility index (Phi) is 5.17. The number of nitrogens with one attached hydrogen (secondary N) is 1. The number of halogens is 3. The van der Waals surface area contributed by atoms with E-state index in [-0.39, 0.29) is 5.91 Å². The first-order valence-corrected chi connectivity index (χ1v) is 9.89. The Morgan fingerprint density at radius 1 is 1.03 bits per heavy atom. The van der Waals surface area contributed by atoms with Crippen molar-refractivity contribution in [3.8, 4) is 16.3 Å². The molecule has 0 radical (unpaired) electrons. The molecule has 0 fully saturated rings. The number of carbonyl (C=O) groups is 1. The van der Waals surface area contributed by atoms with E-state index in [0.717, 1.165) is 11.6 Å². The Morgan fingerprint density at radius 3 is 2.43 bits per heavy atom. The average Bonchev–Trinajstić information content (AvgIpc) is 3.37. The minimum absolute atomic E-state index is 0.304. The molecule has 0 aliphatic rings. The largest absolute Gasteiger partial charge is 0.435 e. The van der Waals surface area contributed by atoms with Gasteiger partial charge in [-0.3, -0.25) is 4.79 Å². The first kappa shape index (κ1) is 19.9. The molecule has 1 N–H and O–H groups in total. The van der Waals surface area contributed by atoms with E-state index in [2.05, 4.69) is 10.4 Å². The number of alkyl halides is 3. The summed E-state index contributed by atoms with van der Waals surface area (Å²) < 4.78 is 40.9. The summed E-state index contributed by atoms with van der Waals surface area (Å²) in [4.78, 5) is 13.1. The molecule has 4 rings (SSSR count). The van der Waals surface area contributed by atoms with Crippen LogP contribution in [0.25, 0.3) is 16.3 Å². The van der Waals surface area contributed by atoms with Crippen LogP contribution in [0.3, 0.4) is 0 Å². The number of aromatic nitrogens is 2. The third kappa shape index (κ3) is 4.13. The van der Waals surface area contributed by atoms with Gasteiger partial charge in [0, 0.05) is 11.3 Å². The first-order valence-electron chi connectivity index (χ1n) is 9.01. The molecular weight excluding hydrogens is 411 g/mol. The summed E-state index contributed by atoms with van der Waals surface area (Å²) in [7, 11) is 0. The lowest BCUT2D eigenvalue weighted by atomic mass is 10.1. The van der Waals surface area contributed by atoms with Gasteiger partial charge in [-0.15, -0.1) is 11.3 Å². The van der Waals surface area contributed by atoms with Crippen molar-refractivity contribution in [2.75, 3.05) is 5.32 Å². The highest BCUT2D eigenvalue weighted by molar-refractivity contribution is 7.13. The molecule has 1 amide bonds. The predicted molar refractivity (Wildman–Crippen MR) is 111 cm³/mol.